The van der Waals surface area contributed by atoms with Gasteiger partial charge in [-0.05, 0) is 94.0 Å². The zero-order chi connectivity index (χ0) is 39.7. The summed E-state index contributed by atoms with van der Waals surface area (Å²) in [4.78, 5) is 15.8. The lowest BCUT2D eigenvalue weighted by atomic mass is 9.81. The third-order valence-corrected chi connectivity index (χ3v) is 12.6. The number of benzene rings is 8. The number of rotatable bonds is 4. The van der Waals surface area contributed by atoms with Crippen LogP contribution in [0.15, 0.2) is 177 Å². The topological polar surface area (TPSA) is 78.1 Å². The molecule has 6 heteroatoms. The van der Waals surface area contributed by atoms with Crippen LogP contribution in [0.5, 0.6) is 0 Å². The molecular weight excluding hydrogens is 739 g/mol. The van der Waals surface area contributed by atoms with Gasteiger partial charge in [0.2, 0.25) is 0 Å². The molecule has 13 rings (SSSR count). The Morgan fingerprint density at radius 1 is 0.333 bits per heavy atom. The molecule has 0 atom stereocenters. The summed E-state index contributed by atoms with van der Waals surface area (Å²) in [6.07, 6.45) is 0. The van der Waals surface area contributed by atoms with E-state index in [-0.39, 0.29) is 5.41 Å². The van der Waals surface area contributed by atoms with Crippen molar-refractivity contribution in [3.8, 4) is 56.4 Å². The van der Waals surface area contributed by atoms with Crippen LogP contribution in [0.4, 0.5) is 0 Å². The average molecular weight is 772 g/mol. The van der Waals surface area contributed by atoms with Crippen molar-refractivity contribution in [1.29, 1.82) is 0 Å². The van der Waals surface area contributed by atoms with Gasteiger partial charge in [0.25, 0.3) is 0 Å². The molecule has 0 radical (unpaired) electrons. The van der Waals surface area contributed by atoms with Gasteiger partial charge in [-0.25, -0.2) is 15.0 Å². The van der Waals surface area contributed by atoms with Crippen molar-refractivity contribution in [2.75, 3.05) is 0 Å². The fourth-order valence-electron chi connectivity index (χ4n) is 9.65. The Labute approximate surface area is 343 Å². The Hall–Kier alpha value is -7.83. The lowest BCUT2D eigenvalue weighted by Crippen LogP contribution is -2.14. The molecule has 6 nitrogen and oxygen atoms in total. The van der Waals surface area contributed by atoms with E-state index in [1.54, 1.807) is 0 Å². The first-order chi connectivity index (χ1) is 29.5. The van der Waals surface area contributed by atoms with Gasteiger partial charge < -0.3 is 13.3 Å². The number of hydrogen-bond acceptors (Lipinski definition) is 6. The lowest BCUT2D eigenvalue weighted by molar-refractivity contribution is 0.660. The number of hydrogen-bond donors (Lipinski definition) is 0. The van der Waals surface area contributed by atoms with Gasteiger partial charge in [0, 0.05) is 54.4 Å². The largest absolute Gasteiger partial charge is 0.456 e. The maximum atomic E-state index is 6.57. The quantitative estimate of drug-likeness (QED) is 0.177. The molecule has 1 aliphatic rings. The van der Waals surface area contributed by atoms with E-state index < -0.39 is 0 Å². The van der Waals surface area contributed by atoms with Crippen molar-refractivity contribution in [2.24, 2.45) is 0 Å². The standard InChI is InChI=1S/C54H33N3O3/c1-54(2)41-16-6-3-11-33(41)34-24-21-31(29-42(34)54)30-22-25-46-40(27-30)50-38(15-10-20-48(50)60-46)53-56-51(32-23-26-45-39(28-32)35-12-4-7-17-43(35)58-45)55-52(57-53)37-14-9-19-47-49(37)36-13-5-8-18-44(36)59-47/h3-29H,1-2H3. The van der Waals surface area contributed by atoms with Gasteiger partial charge in [-0.1, -0.05) is 117 Å². The van der Waals surface area contributed by atoms with Gasteiger partial charge >= 0.3 is 0 Å². The summed E-state index contributed by atoms with van der Waals surface area (Å²) >= 11 is 0. The van der Waals surface area contributed by atoms with Crippen molar-refractivity contribution in [2.45, 2.75) is 19.3 Å². The van der Waals surface area contributed by atoms with E-state index in [9.17, 15) is 0 Å². The predicted octanol–water partition coefficient (Wildman–Crippen LogP) is 14.5. The van der Waals surface area contributed by atoms with E-state index in [0.717, 1.165) is 93.6 Å². The highest BCUT2D eigenvalue weighted by Gasteiger charge is 2.35. The molecule has 0 spiro atoms. The van der Waals surface area contributed by atoms with E-state index in [1.807, 2.05) is 72.8 Å². The van der Waals surface area contributed by atoms with Crippen LogP contribution in [0, 0.1) is 0 Å². The van der Waals surface area contributed by atoms with Gasteiger partial charge in [-0.15, -0.1) is 0 Å². The van der Waals surface area contributed by atoms with Gasteiger partial charge in [0.1, 0.15) is 33.5 Å². The number of furan rings is 3. The summed E-state index contributed by atoms with van der Waals surface area (Å²) in [5.74, 6) is 1.66. The maximum absolute atomic E-state index is 6.57. The van der Waals surface area contributed by atoms with Crippen molar-refractivity contribution in [3.05, 3.63) is 175 Å². The maximum Gasteiger partial charge on any atom is 0.164 e. The second kappa shape index (κ2) is 12.1. The zero-order valence-corrected chi connectivity index (χ0v) is 32.7. The molecule has 0 saturated carbocycles. The van der Waals surface area contributed by atoms with Crippen LogP contribution >= 0.6 is 0 Å². The number of aromatic nitrogens is 3. The van der Waals surface area contributed by atoms with Crippen molar-refractivity contribution >= 4 is 65.8 Å². The molecule has 0 N–H and O–H groups in total. The summed E-state index contributed by atoms with van der Waals surface area (Å²) in [6, 6.07) is 56.7. The third-order valence-electron chi connectivity index (χ3n) is 12.6. The van der Waals surface area contributed by atoms with Crippen molar-refractivity contribution in [1.82, 2.24) is 15.0 Å². The third kappa shape index (κ3) is 4.73. The van der Waals surface area contributed by atoms with E-state index >= 15 is 0 Å². The average Bonchev–Trinajstić information content (AvgIpc) is 4.04. The molecule has 0 bridgehead atoms. The molecule has 282 valence electrons. The minimum absolute atomic E-state index is 0.0992. The van der Waals surface area contributed by atoms with Crippen LogP contribution in [-0.2, 0) is 5.41 Å². The van der Waals surface area contributed by atoms with E-state index in [1.165, 1.54) is 22.3 Å². The summed E-state index contributed by atoms with van der Waals surface area (Å²) < 4.78 is 19.1. The highest BCUT2D eigenvalue weighted by molar-refractivity contribution is 6.14. The van der Waals surface area contributed by atoms with Crippen LogP contribution < -0.4 is 0 Å². The van der Waals surface area contributed by atoms with Gasteiger partial charge in [-0.2, -0.15) is 0 Å². The highest BCUT2D eigenvalue weighted by atomic mass is 16.3. The second-order valence-corrected chi connectivity index (χ2v) is 16.3. The van der Waals surface area contributed by atoms with Gasteiger partial charge in [0.15, 0.2) is 17.5 Å². The summed E-state index contributed by atoms with van der Waals surface area (Å²) in [6.45, 7) is 4.64. The molecule has 4 heterocycles. The van der Waals surface area contributed by atoms with E-state index in [0.29, 0.717) is 17.5 Å². The number of nitrogens with zero attached hydrogens (tertiary/aromatic N) is 3. The molecule has 60 heavy (non-hydrogen) atoms. The fraction of sp³-hybridized carbons (Fsp3) is 0.0556. The molecule has 0 fully saturated rings. The van der Waals surface area contributed by atoms with Gasteiger partial charge in [0.05, 0.1) is 0 Å². The monoisotopic (exact) mass is 771 g/mol. The summed E-state index contributed by atoms with van der Waals surface area (Å²) in [7, 11) is 0. The van der Waals surface area contributed by atoms with Crippen LogP contribution in [0.1, 0.15) is 25.0 Å². The number of para-hydroxylation sites is 2. The first-order valence-corrected chi connectivity index (χ1v) is 20.3. The summed E-state index contributed by atoms with van der Waals surface area (Å²) in [5, 5.41) is 5.97. The van der Waals surface area contributed by atoms with Crippen molar-refractivity contribution in [3.63, 3.8) is 0 Å². The molecule has 4 aromatic heterocycles. The minimum Gasteiger partial charge on any atom is -0.456 e. The smallest absolute Gasteiger partial charge is 0.164 e. The second-order valence-electron chi connectivity index (χ2n) is 16.3. The lowest BCUT2D eigenvalue weighted by Gasteiger charge is -2.22. The minimum atomic E-state index is -0.0992. The summed E-state index contributed by atoms with van der Waals surface area (Å²) in [5.41, 5.74) is 14.9. The molecular formula is C54H33N3O3. The zero-order valence-electron chi connectivity index (χ0n) is 32.7. The first kappa shape index (κ1) is 33.2. The van der Waals surface area contributed by atoms with Crippen molar-refractivity contribution < 1.29 is 13.3 Å². The number of fused-ring (bicyclic) bond motifs is 12. The van der Waals surface area contributed by atoms with Crippen LogP contribution in [0.25, 0.3) is 122 Å². The Kier molecular flexibility index (Phi) is 6.69. The molecule has 8 aromatic carbocycles. The van der Waals surface area contributed by atoms with Crippen LogP contribution in [0.3, 0.4) is 0 Å². The Morgan fingerprint density at radius 3 is 1.58 bits per heavy atom. The highest BCUT2D eigenvalue weighted by Crippen LogP contribution is 2.50. The Morgan fingerprint density at radius 2 is 0.817 bits per heavy atom. The Bertz CT molecular complexity index is 3770. The SMILES string of the molecule is CC1(C)c2ccccc2-c2ccc(-c3ccc4oc5cccc(-c6nc(-c7ccc8oc9ccccc9c8c7)nc(-c7cccc8oc9ccccc9c78)n6)c5c4c3)cc21. The van der Waals surface area contributed by atoms with E-state index in [4.69, 9.17) is 28.2 Å². The molecule has 12 aromatic rings. The molecule has 0 aliphatic heterocycles. The predicted molar refractivity (Wildman–Crippen MR) is 241 cm³/mol. The first-order valence-electron chi connectivity index (χ1n) is 20.3. The molecule has 1 aliphatic carbocycles. The van der Waals surface area contributed by atoms with E-state index in [2.05, 4.69) is 105 Å². The fourth-order valence-corrected chi connectivity index (χ4v) is 9.65. The normalized spacial score (nSPS) is 13.3. The van der Waals surface area contributed by atoms with Crippen LogP contribution in [0.2, 0.25) is 0 Å². The van der Waals surface area contributed by atoms with Crippen LogP contribution in [-0.4, -0.2) is 15.0 Å². The molecule has 0 amide bonds. The Balaban J connectivity index is 1.03. The molecule has 0 unspecified atom stereocenters. The van der Waals surface area contributed by atoms with Gasteiger partial charge in [-0.3, -0.25) is 0 Å². The molecule has 0 saturated heterocycles.